The quantitative estimate of drug-likeness (QED) is 0.515. The van der Waals surface area contributed by atoms with E-state index in [-0.39, 0.29) is 16.6 Å². The van der Waals surface area contributed by atoms with Gasteiger partial charge in [-0.3, -0.25) is 0 Å². The maximum absolute atomic E-state index is 13.2. The van der Waals surface area contributed by atoms with E-state index in [1.54, 1.807) is 0 Å². The molecule has 0 aliphatic rings. The molecule has 0 atom stereocenters. The van der Waals surface area contributed by atoms with Crippen molar-refractivity contribution < 1.29 is 22.3 Å². The number of ether oxygens (including phenoxy) is 1. The van der Waals surface area contributed by atoms with Crippen molar-refractivity contribution in [3.63, 3.8) is 0 Å². The number of alkyl halides is 4. The summed E-state index contributed by atoms with van der Waals surface area (Å²) in [7, 11) is 0. The van der Waals surface area contributed by atoms with E-state index in [0.29, 0.717) is 0 Å². The number of nitrogens with two attached hydrogens (primary N) is 1. The van der Waals surface area contributed by atoms with Crippen LogP contribution < -0.4 is 10.5 Å². The molecule has 0 fully saturated rings. The lowest BCUT2D eigenvalue weighted by atomic mass is 10.2. The molecule has 1 aromatic rings. The number of hydrogen-bond donors (Lipinski definition) is 1. The fraction of sp³-hybridized carbons (Fsp3) is 0.250. The van der Waals surface area contributed by atoms with Crippen molar-refractivity contribution in [2.24, 2.45) is 0 Å². The molecule has 0 radical (unpaired) electrons. The average Bonchev–Trinajstić information content (AvgIpc) is 2.10. The highest BCUT2D eigenvalue weighted by Crippen LogP contribution is 2.31. The highest BCUT2D eigenvalue weighted by Gasteiger charge is 2.32. The van der Waals surface area contributed by atoms with Crippen LogP contribution in [0.3, 0.4) is 0 Å². The summed E-state index contributed by atoms with van der Waals surface area (Å²) in [6, 6.07) is 1.99. The molecule has 1 rings (SSSR count). The van der Waals surface area contributed by atoms with Gasteiger partial charge in [0, 0.05) is 10.9 Å². The van der Waals surface area contributed by atoms with Crippen molar-refractivity contribution >= 4 is 21.6 Å². The lowest BCUT2D eigenvalue weighted by Crippen LogP contribution is -2.18. The Hall–Kier alpha value is -0.980. The van der Waals surface area contributed by atoms with Gasteiger partial charge in [-0.2, -0.15) is 0 Å². The van der Waals surface area contributed by atoms with Gasteiger partial charge in [0.2, 0.25) is 0 Å². The van der Waals surface area contributed by atoms with Gasteiger partial charge in [0.05, 0.1) is 5.69 Å². The molecule has 7 heteroatoms. The van der Waals surface area contributed by atoms with Crippen molar-refractivity contribution in [3.8, 4) is 5.75 Å². The molecule has 0 spiro atoms. The summed E-state index contributed by atoms with van der Waals surface area (Å²) in [6.07, 6.45) is -4.85. The first-order valence-corrected chi connectivity index (χ1v) is 4.86. The summed E-state index contributed by atoms with van der Waals surface area (Å²) in [4.78, 5) is 0. The van der Waals surface area contributed by atoms with Crippen molar-refractivity contribution in [2.45, 2.75) is 11.7 Å². The fourth-order valence-electron chi connectivity index (χ4n) is 0.966. The highest BCUT2D eigenvalue weighted by atomic mass is 79.9. The largest absolute Gasteiger partial charge is 0.573 e. The van der Waals surface area contributed by atoms with Gasteiger partial charge in [-0.25, -0.2) is 4.39 Å². The molecule has 2 nitrogen and oxygen atoms in total. The lowest BCUT2D eigenvalue weighted by molar-refractivity contribution is -0.274. The van der Waals surface area contributed by atoms with Crippen LogP contribution >= 0.6 is 15.9 Å². The van der Waals surface area contributed by atoms with Crippen molar-refractivity contribution in [1.29, 1.82) is 0 Å². The Bertz CT molecular complexity index is 366. The van der Waals surface area contributed by atoms with E-state index in [0.717, 1.165) is 12.1 Å². The second kappa shape index (κ2) is 4.26. The predicted octanol–water partition coefficient (Wildman–Crippen LogP) is 3.20. The fourth-order valence-corrected chi connectivity index (χ4v) is 1.49. The zero-order chi connectivity index (χ0) is 11.6. The van der Waals surface area contributed by atoms with Crippen LogP contribution in [0.15, 0.2) is 12.1 Å². The molecule has 2 N–H and O–H groups in total. The third kappa shape index (κ3) is 2.98. The van der Waals surface area contributed by atoms with Crippen LogP contribution in [0.5, 0.6) is 5.75 Å². The molecule has 84 valence electrons. The van der Waals surface area contributed by atoms with E-state index in [2.05, 4.69) is 20.7 Å². The molecule has 15 heavy (non-hydrogen) atoms. The average molecular weight is 288 g/mol. The van der Waals surface area contributed by atoms with Crippen LogP contribution in [0.4, 0.5) is 23.2 Å². The van der Waals surface area contributed by atoms with Gasteiger partial charge in [0.15, 0.2) is 5.82 Å². The van der Waals surface area contributed by atoms with Crippen molar-refractivity contribution in [3.05, 3.63) is 23.5 Å². The minimum absolute atomic E-state index is 0.116. The lowest BCUT2D eigenvalue weighted by Gasteiger charge is -2.13. The van der Waals surface area contributed by atoms with Gasteiger partial charge < -0.3 is 10.5 Å². The van der Waals surface area contributed by atoms with E-state index < -0.39 is 17.9 Å². The molecule has 0 unspecified atom stereocenters. The Morgan fingerprint density at radius 2 is 1.93 bits per heavy atom. The Balaban J connectivity index is 3.14. The second-order valence-electron chi connectivity index (χ2n) is 2.63. The standard InChI is InChI=1S/C8H6BrF4NO/c9-3-4-6(15-8(11,12)13)2-1-5(14)7(4)10/h1-2H,3,14H2. The van der Waals surface area contributed by atoms with Gasteiger partial charge >= 0.3 is 6.36 Å². The number of benzene rings is 1. The molecule has 0 amide bonds. The first-order valence-electron chi connectivity index (χ1n) is 3.73. The van der Waals surface area contributed by atoms with E-state index in [1.165, 1.54) is 0 Å². The topological polar surface area (TPSA) is 35.2 Å². The van der Waals surface area contributed by atoms with Crippen LogP contribution in [-0.4, -0.2) is 6.36 Å². The first kappa shape index (κ1) is 12.1. The number of nitrogen functional groups attached to an aromatic ring is 1. The summed E-state index contributed by atoms with van der Waals surface area (Å²) in [6.45, 7) is 0. The first-order chi connectivity index (χ1) is 6.85. The monoisotopic (exact) mass is 287 g/mol. The number of anilines is 1. The smallest absolute Gasteiger partial charge is 0.405 e. The maximum Gasteiger partial charge on any atom is 0.573 e. The van der Waals surface area contributed by atoms with Gasteiger partial charge in [0.1, 0.15) is 5.75 Å². The van der Waals surface area contributed by atoms with E-state index in [4.69, 9.17) is 5.73 Å². The summed E-state index contributed by atoms with van der Waals surface area (Å²) >= 11 is 2.86. The maximum atomic E-state index is 13.2. The molecule has 0 heterocycles. The van der Waals surface area contributed by atoms with Gasteiger partial charge in [-0.15, -0.1) is 13.2 Å². The van der Waals surface area contributed by atoms with Crippen LogP contribution in [0.2, 0.25) is 0 Å². The third-order valence-corrected chi connectivity index (χ3v) is 2.15. The summed E-state index contributed by atoms with van der Waals surface area (Å²) in [5, 5.41) is -0.116. The molecule has 0 bridgehead atoms. The minimum atomic E-state index is -4.85. The number of halogens is 5. The molecular weight excluding hydrogens is 282 g/mol. The van der Waals surface area contributed by atoms with Gasteiger partial charge in [0.25, 0.3) is 0 Å². The Morgan fingerprint density at radius 1 is 1.33 bits per heavy atom. The summed E-state index contributed by atoms with van der Waals surface area (Å²) in [5.74, 6) is -1.50. The molecular formula is C8H6BrF4NO. The van der Waals surface area contributed by atoms with Crippen molar-refractivity contribution in [2.75, 3.05) is 5.73 Å². The van der Waals surface area contributed by atoms with Crippen LogP contribution in [0.25, 0.3) is 0 Å². The number of hydrogen-bond acceptors (Lipinski definition) is 2. The molecule has 0 saturated heterocycles. The molecule has 0 saturated carbocycles. The van der Waals surface area contributed by atoms with E-state index in [1.807, 2.05) is 0 Å². The van der Waals surface area contributed by atoms with Crippen LogP contribution in [0, 0.1) is 5.82 Å². The van der Waals surface area contributed by atoms with E-state index >= 15 is 0 Å². The normalized spacial score (nSPS) is 11.5. The van der Waals surface area contributed by atoms with Gasteiger partial charge in [-0.1, -0.05) is 15.9 Å². The van der Waals surface area contributed by atoms with E-state index in [9.17, 15) is 17.6 Å². The molecule has 0 aromatic heterocycles. The zero-order valence-corrected chi connectivity index (χ0v) is 8.82. The van der Waals surface area contributed by atoms with Crippen LogP contribution in [0.1, 0.15) is 5.56 Å². The van der Waals surface area contributed by atoms with Gasteiger partial charge in [-0.05, 0) is 12.1 Å². The molecule has 1 aromatic carbocycles. The van der Waals surface area contributed by atoms with Crippen LogP contribution in [-0.2, 0) is 5.33 Å². The summed E-state index contributed by atoms with van der Waals surface area (Å²) in [5.41, 5.74) is 4.72. The number of rotatable bonds is 2. The third-order valence-electron chi connectivity index (χ3n) is 1.59. The SMILES string of the molecule is Nc1ccc(OC(F)(F)F)c(CBr)c1F. The Morgan fingerprint density at radius 3 is 2.40 bits per heavy atom. The Labute approximate surface area is 91.1 Å². The van der Waals surface area contributed by atoms with Crippen molar-refractivity contribution in [1.82, 2.24) is 0 Å². The second-order valence-corrected chi connectivity index (χ2v) is 3.19. The summed E-state index contributed by atoms with van der Waals surface area (Å²) < 4.78 is 52.6. The molecule has 0 aliphatic carbocycles. The highest BCUT2D eigenvalue weighted by molar-refractivity contribution is 9.08. The zero-order valence-electron chi connectivity index (χ0n) is 7.24. The Kier molecular flexibility index (Phi) is 3.43. The minimum Gasteiger partial charge on any atom is -0.405 e. The molecule has 0 aliphatic heterocycles. The predicted molar refractivity (Wildman–Crippen MR) is 50.1 cm³/mol.